The van der Waals surface area contributed by atoms with Crippen molar-refractivity contribution in [2.75, 3.05) is 26.2 Å². The molecule has 1 amide bonds. The minimum Gasteiger partial charge on any atom is -0.507 e. The fourth-order valence-electron chi connectivity index (χ4n) is 3.28. The second-order valence-corrected chi connectivity index (χ2v) is 7.15. The number of aromatic hydroxyl groups is 1. The van der Waals surface area contributed by atoms with Gasteiger partial charge < -0.3 is 15.2 Å². The highest BCUT2D eigenvalue weighted by Gasteiger charge is 2.26. The Balaban J connectivity index is 0.00000312. The number of carbonyl (C=O) groups excluding carboxylic acids is 1. The molecule has 25 heavy (non-hydrogen) atoms. The molecule has 7 heteroatoms. The summed E-state index contributed by atoms with van der Waals surface area (Å²) >= 11 is 2.16. The zero-order valence-electron chi connectivity index (χ0n) is 15.1. The fraction of sp³-hybridized carbons (Fsp3) is 0.611. The SMILES string of the molecule is CCOc1c(I)cc(CC)c(O)c1C(=O)NCC1CCCN1CC.Cl. The molecule has 1 saturated heterocycles. The molecule has 1 aliphatic heterocycles. The third-order valence-corrected chi connectivity index (χ3v) is 5.39. The molecule has 2 N–H and O–H groups in total. The normalized spacial score (nSPS) is 17.2. The van der Waals surface area contributed by atoms with Crippen LogP contribution >= 0.6 is 35.0 Å². The zero-order valence-corrected chi connectivity index (χ0v) is 18.1. The van der Waals surface area contributed by atoms with Crippen molar-refractivity contribution in [3.8, 4) is 11.5 Å². The van der Waals surface area contributed by atoms with Crippen LogP contribution in [0.5, 0.6) is 11.5 Å². The first-order valence-electron chi connectivity index (χ1n) is 8.72. The largest absolute Gasteiger partial charge is 0.507 e. The zero-order chi connectivity index (χ0) is 17.7. The molecule has 0 radical (unpaired) electrons. The van der Waals surface area contributed by atoms with Gasteiger partial charge in [-0.2, -0.15) is 0 Å². The van der Waals surface area contributed by atoms with Crippen molar-refractivity contribution >= 4 is 40.9 Å². The van der Waals surface area contributed by atoms with E-state index in [1.807, 2.05) is 19.9 Å². The topological polar surface area (TPSA) is 61.8 Å². The molecule has 1 fully saturated rings. The first kappa shape index (κ1) is 22.3. The molecule has 1 aliphatic rings. The summed E-state index contributed by atoms with van der Waals surface area (Å²) in [6, 6.07) is 2.26. The molecule has 0 bridgehead atoms. The predicted octanol–water partition coefficient (Wildman–Crippen LogP) is 3.59. The van der Waals surface area contributed by atoms with Crippen LogP contribution in [0.15, 0.2) is 6.07 Å². The van der Waals surface area contributed by atoms with Crippen LogP contribution < -0.4 is 10.1 Å². The number of nitrogens with one attached hydrogen (secondary N) is 1. The van der Waals surface area contributed by atoms with E-state index in [0.717, 1.165) is 28.6 Å². The van der Waals surface area contributed by atoms with E-state index >= 15 is 0 Å². The number of likely N-dealkylation sites (tertiary alicyclic amines) is 1. The first-order valence-corrected chi connectivity index (χ1v) is 9.80. The lowest BCUT2D eigenvalue weighted by atomic mass is 10.0. The second-order valence-electron chi connectivity index (χ2n) is 5.99. The highest BCUT2D eigenvalue weighted by atomic mass is 127. The van der Waals surface area contributed by atoms with E-state index in [1.54, 1.807) is 0 Å². The lowest BCUT2D eigenvalue weighted by Gasteiger charge is -2.23. The van der Waals surface area contributed by atoms with E-state index in [2.05, 4.69) is 39.7 Å². The Kier molecular flexibility index (Phi) is 9.30. The van der Waals surface area contributed by atoms with E-state index < -0.39 is 0 Å². The highest BCUT2D eigenvalue weighted by Crippen LogP contribution is 2.36. The van der Waals surface area contributed by atoms with Gasteiger partial charge in [0.15, 0.2) is 0 Å². The van der Waals surface area contributed by atoms with Crippen LogP contribution in [0.4, 0.5) is 0 Å². The Hall–Kier alpha value is -0.730. The molecule has 142 valence electrons. The fourth-order valence-corrected chi connectivity index (χ4v) is 4.08. The minimum atomic E-state index is -0.257. The standard InChI is InChI=1S/C18H27IN2O3.ClH/c1-4-12-10-14(19)17(24-6-3)15(16(12)22)18(23)20-11-13-8-7-9-21(13)5-2;/h10,13,22H,4-9,11H2,1-3H3,(H,20,23);1H. The number of phenolic OH excluding ortho intramolecular Hbond substituents is 1. The van der Waals surface area contributed by atoms with Crippen molar-refractivity contribution in [2.24, 2.45) is 0 Å². The summed E-state index contributed by atoms with van der Waals surface area (Å²) in [5.41, 5.74) is 1.03. The second kappa shape index (κ2) is 10.4. The summed E-state index contributed by atoms with van der Waals surface area (Å²) in [6.07, 6.45) is 2.94. The maximum Gasteiger partial charge on any atom is 0.258 e. The van der Waals surface area contributed by atoms with Gasteiger partial charge >= 0.3 is 0 Å². The van der Waals surface area contributed by atoms with Gasteiger partial charge in [-0.1, -0.05) is 13.8 Å². The number of phenols is 1. The van der Waals surface area contributed by atoms with Gasteiger partial charge in [-0.3, -0.25) is 9.69 Å². The average Bonchev–Trinajstić information content (AvgIpc) is 3.03. The van der Waals surface area contributed by atoms with E-state index in [0.29, 0.717) is 31.4 Å². The smallest absolute Gasteiger partial charge is 0.258 e. The summed E-state index contributed by atoms with van der Waals surface area (Å²) in [5, 5.41) is 13.5. The van der Waals surface area contributed by atoms with Crippen LogP contribution in [0.1, 0.15) is 49.5 Å². The van der Waals surface area contributed by atoms with Crippen LogP contribution in [0, 0.1) is 3.57 Å². The molecule has 1 aromatic carbocycles. The number of likely N-dealkylation sites (N-methyl/N-ethyl adjacent to an activating group) is 1. The van der Waals surface area contributed by atoms with Gasteiger partial charge in [0, 0.05) is 12.6 Å². The van der Waals surface area contributed by atoms with Crippen LogP contribution in [-0.4, -0.2) is 48.2 Å². The number of ether oxygens (including phenoxy) is 1. The summed E-state index contributed by atoms with van der Waals surface area (Å²) in [7, 11) is 0. The number of benzene rings is 1. The third kappa shape index (κ3) is 5.14. The van der Waals surface area contributed by atoms with Gasteiger partial charge in [-0.25, -0.2) is 0 Å². The number of hydrogen-bond acceptors (Lipinski definition) is 4. The highest BCUT2D eigenvalue weighted by molar-refractivity contribution is 14.1. The Labute approximate surface area is 170 Å². The Morgan fingerprint density at radius 3 is 2.76 bits per heavy atom. The van der Waals surface area contributed by atoms with Gasteiger partial charge in [-0.15, -0.1) is 12.4 Å². The number of hydrogen-bond donors (Lipinski definition) is 2. The Morgan fingerprint density at radius 1 is 1.44 bits per heavy atom. The molecular weight excluding hydrogens is 455 g/mol. The van der Waals surface area contributed by atoms with Crippen molar-refractivity contribution < 1.29 is 14.6 Å². The number of nitrogens with zero attached hydrogens (tertiary/aromatic N) is 1. The van der Waals surface area contributed by atoms with Crippen LogP contribution in [0.25, 0.3) is 0 Å². The lowest BCUT2D eigenvalue weighted by Crippen LogP contribution is -2.40. The minimum absolute atomic E-state index is 0. The van der Waals surface area contributed by atoms with Crippen molar-refractivity contribution in [3.05, 3.63) is 20.8 Å². The van der Waals surface area contributed by atoms with Gasteiger partial charge in [0.2, 0.25) is 0 Å². The third-order valence-electron chi connectivity index (χ3n) is 4.59. The number of aryl methyl sites for hydroxylation is 1. The number of carbonyl (C=O) groups is 1. The van der Waals surface area contributed by atoms with Gasteiger partial charge in [0.1, 0.15) is 17.1 Å². The van der Waals surface area contributed by atoms with E-state index in [9.17, 15) is 9.90 Å². The predicted molar refractivity (Wildman–Crippen MR) is 111 cm³/mol. The summed E-state index contributed by atoms with van der Waals surface area (Å²) in [6.45, 7) is 9.13. The molecule has 1 unspecified atom stereocenters. The average molecular weight is 483 g/mol. The van der Waals surface area contributed by atoms with Crippen molar-refractivity contribution in [2.45, 2.75) is 46.1 Å². The van der Waals surface area contributed by atoms with E-state index in [4.69, 9.17) is 4.74 Å². The van der Waals surface area contributed by atoms with Crippen LogP contribution in [0.3, 0.4) is 0 Å². The van der Waals surface area contributed by atoms with Crippen LogP contribution in [0.2, 0.25) is 0 Å². The lowest BCUT2D eigenvalue weighted by molar-refractivity contribution is 0.0934. The molecular formula is C18H28ClIN2O3. The molecule has 0 spiro atoms. The summed E-state index contributed by atoms with van der Waals surface area (Å²) in [4.78, 5) is 15.1. The van der Waals surface area contributed by atoms with Gasteiger partial charge in [0.25, 0.3) is 5.91 Å². The van der Waals surface area contributed by atoms with Crippen molar-refractivity contribution in [1.29, 1.82) is 0 Å². The maximum absolute atomic E-state index is 12.8. The van der Waals surface area contributed by atoms with Crippen molar-refractivity contribution in [3.63, 3.8) is 0 Å². The maximum atomic E-state index is 12.8. The summed E-state index contributed by atoms with van der Waals surface area (Å²) < 4.78 is 6.50. The molecule has 1 atom stereocenters. The summed E-state index contributed by atoms with van der Waals surface area (Å²) in [5.74, 6) is 0.258. The number of halogens is 2. The Bertz CT molecular complexity index is 598. The molecule has 1 aromatic rings. The molecule has 0 aliphatic carbocycles. The molecule has 0 aromatic heterocycles. The van der Waals surface area contributed by atoms with Gasteiger partial charge in [-0.05, 0) is 73.5 Å². The Morgan fingerprint density at radius 2 is 2.16 bits per heavy atom. The number of rotatable bonds is 7. The van der Waals surface area contributed by atoms with E-state index in [-0.39, 0.29) is 29.6 Å². The van der Waals surface area contributed by atoms with E-state index in [1.165, 1.54) is 6.42 Å². The number of amides is 1. The molecule has 5 nitrogen and oxygen atoms in total. The van der Waals surface area contributed by atoms with Crippen LogP contribution in [-0.2, 0) is 6.42 Å². The van der Waals surface area contributed by atoms with Gasteiger partial charge in [0.05, 0.1) is 10.2 Å². The molecule has 0 saturated carbocycles. The monoisotopic (exact) mass is 482 g/mol. The molecule has 1 heterocycles. The first-order chi connectivity index (χ1) is 11.5. The quantitative estimate of drug-likeness (QED) is 0.583. The molecule has 2 rings (SSSR count). The van der Waals surface area contributed by atoms with Crippen molar-refractivity contribution in [1.82, 2.24) is 10.2 Å².